The van der Waals surface area contributed by atoms with Crippen LogP contribution in [0.5, 0.6) is 5.75 Å². The molecule has 7 nitrogen and oxygen atoms in total. The fourth-order valence-corrected chi connectivity index (χ4v) is 0.776. The van der Waals surface area contributed by atoms with Gasteiger partial charge in [0.1, 0.15) is 18.5 Å². The molecule has 1 atom stereocenters. The van der Waals surface area contributed by atoms with Gasteiger partial charge >= 0.3 is 11.9 Å². The number of hydrogen-bond donors (Lipinski definition) is 4. The first-order chi connectivity index (χ1) is 11.1. The number of carboxylic acid groups (broad SMARTS) is 1. The molecule has 0 amide bonds. The van der Waals surface area contributed by atoms with Crippen molar-refractivity contribution in [3.05, 3.63) is 54.6 Å². The predicted octanol–water partition coefficient (Wildman–Crippen LogP) is 1.50. The zero-order valence-electron chi connectivity index (χ0n) is 13.8. The number of ether oxygens (including phenoxy) is 1. The molecule has 0 saturated heterocycles. The molecular weight excluding hydrogens is 316 g/mol. The molecule has 0 heterocycles. The number of benzene rings is 1. The lowest BCUT2D eigenvalue weighted by Crippen LogP contribution is -2.22. The second-order valence-electron chi connectivity index (χ2n) is 4.64. The van der Waals surface area contributed by atoms with Gasteiger partial charge in [0.25, 0.3) is 0 Å². The van der Waals surface area contributed by atoms with Crippen molar-refractivity contribution >= 4 is 11.9 Å². The molecule has 0 saturated carbocycles. The van der Waals surface area contributed by atoms with Gasteiger partial charge in [0.2, 0.25) is 0 Å². The number of para-hydroxylation sites is 1. The summed E-state index contributed by atoms with van der Waals surface area (Å²) in [5, 5.41) is 33.6. The van der Waals surface area contributed by atoms with Gasteiger partial charge in [0, 0.05) is 11.1 Å². The van der Waals surface area contributed by atoms with Crippen LogP contribution in [0, 0.1) is 0 Å². The Bertz CT molecular complexity index is 511. The molecule has 0 aromatic heterocycles. The van der Waals surface area contributed by atoms with Gasteiger partial charge in [-0.15, -0.1) is 0 Å². The number of aromatic hydroxyl groups is 1. The SMILES string of the molecule is C=C(C)C(=O)O.C=C(C)C(=O)OCC(O)CO.Oc1ccccc1. The minimum Gasteiger partial charge on any atom is -0.508 e. The van der Waals surface area contributed by atoms with Crippen LogP contribution in [0.3, 0.4) is 0 Å². The average Bonchev–Trinajstić information content (AvgIpc) is 2.53. The Balaban J connectivity index is 0. The van der Waals surface area contributed by atoms with Crippen LogP contribution in [-0.2, 0) is 14.3 Å². The van der Waals surface area contributed by atoms with Crippen LogP contribution in [0.2, 0.25) is 0 Å². The fraction of sp³-hybridized carbons (Fsp3) is 0.294. The van der Waals surface area contributed by atoms with E-state index in [0.29, 0.717) is 5.75 Å². The largest absolute Gasteiger partial charge is 0.508 e. The van der Waals surface area contributed by atoms with E-state index < -0.39 is 24.6 Å². The van der Waals surface area contributed by atoms with E-state index in [2.05, 4.69) is 17.9 Å². The number of aliphatic carboxylic acids is 1. The lowest BCUT2D eigenvalue weighted by molar-refractivity contribution is -0.142. The molecule has 7 heteroatoms. The van der Waals surface area contributed by atoms with Gasteiger partial charge < -0.3 is 25.2 Å². The maximum Gasteiger partial charge on any atom is 0.333 e. The number of rotatable bonds is 5. The molecule has 0 aliphatic heterocycles. The van der Waals surface area contributed by atoms with Crippen molar-refractivity contribution in [3.63, 3.8) is 0 Å². The lowest BCUT2D eigenvalue weighted by Gasteiger charge is -2.07. The minimum atomic E-state index is -1.00. The van der Waals surface area contributed by atoms with E-state index in [-0.39, 0.29) is 17.8 Å². The number of phenols is 1. The molecule has 0 aliphatic carbocycles. The molecule has 0 radical (unpaired) electrons. The Morgan fingerprint density at radius 1 is 1.12 bits per heavy atom. The normalized spacial score (nSPS) is 10.0. The van der Waals surface area contributed by atoms with Crippen LogP contribution >= 0.6 is 0 Å². The molecule has 4 N–H and O–H groups in total. The molecule has 0 spiro atoms. The first-order valence-electron chi connectivity index (χ1n) is 6.86. The first-order valence-corrected chi connectivity index (χ1v) is 6.86. The molecule has 1 unspecified atom stereocenters. The molecule has 1 aromatic carbocycles. The van der Waals surface area contributed by atoms with Gasteiger partial charge in [-0.3, -0.25) is 0 Å². The number of esters is 1. The summed E-state index contributed by atoms with van der Waals surface area (Å²) in [6, 6.07) is 8.71. The van der Waals surface area contributed by atoms with E-state index in [4.69, 9.17) is 20.4 Å². The maximum atomic E-state index is 10.6. The van der Waals surface area contributed by atoms with Crippen LogP contribution in [0.4, 0.5) is 0 Å². The third kappa shape index (κ3) is 15.7. The van der Waals surface area contributed by atoms with Gasteiger partial charge in [0.15, 0.2) is 0 Å². The molecule has 1 aromatic rings. The summed E-state index contributed by atoms with van der Waals surface area (Å²) in [7, 11) is 0. The summed E-state index contributed by atoms with van der Waals surface area (Å²) in [5.41, 5.74) is 0.449. The van der Waals surface area contributed by atoms with Crippen molar-refractivity contribution in [3.8, 4) is 5.75 Å². The zero-order chi connectivity index (χ0) is 19.1. The van der Waals surface area contributed by atoms with Crippen LogP contribution in [0.1, 0.15) is 13.8 Å². The number of carboxylic acids is 1. The molecule has 0 aliphatic rings. The highest BCUT2D eigenvalue weighted by Gasteiger charge is 2.07. The quantitative estimate of drug-likeness (QED) is 0.473. The summed E-state index contributed by atoms with van der Waals surface area (Å²) < 4.78 is 4.51. The van der Waals surface area contributed by atoms with Crippen LogP contribution < -0.4 is 0 Å². The number of hydrogen-bond acceptors (Lipinski definition) is 6. The molecular formula is C17H24O7. The fourth-order valence-electron chi connectivity index (χ4n) is 0.776. The second-order valence-corrected chi connectivity index (χ2v) is 4.64. The van der Waals surface area contributed by atoms with Crippen LogP contribution in [0.15, 0.2) is 54.6 Å². The summed E-state index contributed by atoms with van der Waals surface area (Å²) in [6.07, 6.45) is -1.00. The molecule has 1 rings (SSSR count). The topological polar surface area (TPSA) is 124 Å². The Morgan fingerprint density at radius 3 is 1.83 bits per heavy atom. The Kier molecular flexibility index (Phi) is 13.8. The smallest absolute Gasteiger partial charge is 0.333 e. The number of phenolic OH excluding ortho intramolecular Hbond substituents is 1. The number of aliphatic hydroxyl groups is 2. The molecule has 134 valence electrons. The van der Waals surface area contributed by atoms with Crippen LogP contribution in [-0.4, -0.2) is 51.7 Å². The van der Waals surface area contributed by atoms with Crippen molar-refractivity contribution in [2.24, 2.45) is 0 Å². The monoisotopic (exact) mass is 340 g/mol. The highest BCUT2D eigenvalue weighted by molar-refractivity contribution is 5.86. The highest BCUT2D eigenvalue weighted by Crippen LogP contribution is 2.02. The average molecular weight is 340 g/mol. The second kappa shape index (κ2) is 14.0. The van der Waals surface area contributed by atoms with Crippen molar-refractivity contribution in [1.29, 1.82) is 0 Å². The first kappa shape index (κ1) is 23.6. The van der Waals surface area contributed by atoms with Gasteiger partial charge in [-0.25, -0.2) is 9.59 Å². The summed E-state index contributed by atoms with van der Waals surface area (Å²) in [4.78, 5) is 20.2. The van der Waals surface area contributed by atoms with E-state index in [1.54, 1.807) is 24.3 Å². The van der Waals surface area contributed by atoms with E-state index >= 15 is 0 Å². The predicted molar refractivity (Wildman–Crippen MR) is 89.4 cm³/mol. The molecule has 0 bridgehead atoms. The Morgan fingerprint density at radius 2 is 1.58 bits per heavy atom. The zero-order valence-corrected chi connectivity index (χ0v) is 13.8. The lowest BCUT2D eigenvalue weighted by atomic mass is 10.3. The molecule has 0 fully saturated rings. The molecule has 24 heavy (non-hydrogen) atoms. The number of carbonyl (C=O) groups excluding carboxylic acids is 1. The highest BCUT2D eigenvalue weighted by atomic mass is 16.5. The van der Waals surface area contributed by atoms with Gasteiger partial charge in [0.05, 0.1) is 6.61 Å². The van der Waals surface area contributed by atoms with Gasteiger partial charge in [-0.05, 0) is 26.0 Å². The third-order valence-electron chi connectivity index (χ3n) is 2.09. The van der Waals surface area contributed by atoms with Crippen molar-refractivity contribution in [1.82, 2.24) is 0 Å². The summed E-state index contributed by atoms with van der Waals surface area (Å²) in [6.45, 7) is 8.84. The van der Waals surface area contributed by atoms with Gasteiger partial charge in [-0.2, -0.15) is 0 Å². The van der Waals surface area contributed by atoms with E-state index in [0.717, 1.165) is 0 Å². The van der Waals surface area contributed by atoms with E-state index in [1.807, 2.05) is 6.07 Å². The van der Waals surface area contributed by atoms with E-state index in [1.165, 1.54) is 13.8 Å². The Hall–Kier alpha value is -2.64. The number of aliphatic hydroxyl groups excluding tert-OH is 2. The summed E-state index contributed by atoms with van der Waals surface area (Å²) >= 11 is 0. The van der Waals surface area contributed by atoms with Crippen molar-refractivity contribution in [2.75, 3.05) is 13.2 Å². The minimum absolute atomic E-state index is 0.176. The standard InChI is InChI=1S/C7H12O4.C6H6O.C4H6O2/c1-5(2)7(10)11-4-6(9)3-8;7-6-4-2-1-3-5-6;1-3(2)4(5)6/h6,8-9H,1,3-4H2,2H3;1-5,7H;1H2,2H3,(H,5,6). The van der Waals surface area contributed by atoms with Crippen molar-refractivity contribution < 1.29 is 34.8 Å². The van der Waals surface area contributed by atoms with Crippen molar-refractivity contribution in [2.45, 2.75) is 20.0 Å². The third-order valence-corrected chi connectivity index (χ3v) is 2.09. The number of carbonyl (C=O) groups is 2. The summed E-state index contributed by atoms with van der Waals surface area (Å²) in [5.74, 6) is -1.17. The Labute approximate surface area is 141 Å². The van der Waals surface area contributed by atoms with E-state index in [9.17, 15) is 9.59 Å². The van der Waals surface area contributed by atoms with Gasteiger partial charge in [-0.1, -0.05) is 31.4 Å². The maximum absolute atomic E-state index is 10.6. The van der Waals surface area contributed by atoms with Crippen LogP contribution in [0.25, 0.3) is 0 Å².